The Morgan fingerprint density at radius 3 is 3.00 bits per heavy atom. The zero-order valence-electron chi connectivity index (χ0n) is 7.36. The molecule has 0 aliphatic heterocycles. The van der Waals surface area contributed by atoms with E-state index < -0.39 is 0 Å². The van der Waals surface area contributed by atoms with E-state index in [2.05, 4.69) is 10.2 Å². The van der Waals surface area contributed by atoms with E-state index in [9.17, 15) is 9.59 Å². The van der Waals surface area contributed by atoms with Gasteiger partial charge in [-0.3, -0.25) is 19.8 Å². The number of amides is 1. The van der Waals surface area contributed by atoms with Gasteiger partial charge in [-0.1, -0.05) is 12.1 Å². The van der Waals surface area contributed by atoms with Gasteiger partial charge in [-0.2, -0.15) is 0 Å². The van der Waals surface area contributed by atoms with E-state index in [1.54, 1.807) is 18.2 Å². The SMILES string of the molecule is [C-]#[N+]CNC(=O)c1cccc(C=O)c1. The van der Waals surface area contributed by atoms with Crippen LogP contribution in [0.3, 0.4) is 0 Å². The van der Waals surface area contributed by atoms with Gasteiger partial charge >= 0.3 is 0 Å². The van der Waals surface area contributed by atoms with Crippen LogP contribution >= 0.6 is 0 Å². The maximum atomic E-state index is 11.3. The molecule has 1 aromatic rings. The van der Waals surface area contributed by atoms with Crippen LogP contribution in [0.4, 0.5) is 0 Å². The molecule has 0 bridgehead atoms. The maximum absolute atomic E-state index is 11.3. The average Bonchev–Trinajstić information content (AvgIpc) is 2.26. The molecule has 0 saturated heterocycles. The van der Waals surface area contributed by atoms with Gasteiger partial charge < -0.3 is 0 Å². The number of nitrogens with one attached hydrogen (secondary N) is 1. The van der Waals surface area contributed by atoms with Crippen molar-refractivity contribution in [3.8, 4) is 0 Å². The van der Waals surface area contributed by atoms with E-state index in [1.807, 2.05) is 0 Å². The first-order chi connectivity index (χ1) is 6.77. The third kappa shape index (κ3) is 2.42. The van der Waals surface area contributed by atoms with Crippen LogP contribution < -0.4 is 5.32 Å². The summed E-state index contributed by atoms with van der Waals surface area (Å²) in [6.45, 7) is 6.44. The molecule has 0 aromatic heterocycles. The fourth-order valence-electron chi connectivity index (χ4n) is 0.967. The van der Waals surface area contributed by atoms with Crippen LogP contribution in [0.1, 0.15) is 20.7 Å². The average molecular weight is 188 g/mol. The number of aldehydes is 1. The van der Waals surface area contributed by atoms with Crippen molar-refractivity contribution in [2.45, 2.75) is 0 Å². The second-order valence-corrected chi connectivity index (χ2v) is 2.57. The molecular weight excluding hydrogens is 180 g/mol. The molecule has 1 aromatic carbocycles. The van der Waals surface area contributed by atoms with Gasteiger partial charge in [0.15, 0.2) is 0 Å². The first-order valence-electron chi connectivity index (χ1n) is 3.94. The molecule has 0 fully saturated rings. The molecule has 0 unspecified atom stereocenters. The van der Waals surface area contributed by atoms with Gasteiger partial charge in [0.1, 0.15) is 6.29 Å². The summed E-state index contributed by atoms with van der Waals surface area (Å²) >= 11 is 0. The highest BCUT2D eigenvalue weighted by Gasteiger charge is 2.05. The quantitative estimate of drug-likeness (QED) is 0.570. The first kappa shape index (κ1) is 9.93. The third-order valence-electron chi connectivity index (χ3n) is 1.60. The summed E-state index contributed by atoms with van der Waals surface area (Å²) in [7, 11) is 0. The van der Waals surface area contributed by atoms with E-state index >= 15 is 0 Å². The van der Waals surface area contributed by atoms with E-state index in [1.165, 1.54) is 6.07 Å². The van der Waals surface area contributed by atoms with Crippen molar-refractivity contribution >= 4 is 12.2 Å². The Hall–Kier alpha value is -2.15. The summed E-state index contributed by atoms with van der Waals surface area (Å²) < 4.78 is 0. The summed E-state index contributed by atoms with van der Waals surface area (Å²) in [5, 5.41) is 2.39. The normalized spacial score (nSPS) is 8.79. The summed E-state index contributed by atoms with van der Waals surface area (Å²) in [5.74, 6) is -0.343. The Morgan fingerprint density at radius 1 is 1.57 bits per heavy atom. The van der Waals surface area contributed by atoms with Gasteiger partial charge in [-0.25, -0.2) is 6.57 Å². The molecule has 1 N–H and O–H groups in total. The van der Waals surface area contributed by atoms with Crippen molar-refractivity contribution in [1.82, 2.24) is 5.32 Å². The van der Waals surface area contributed by atoms with Crippen LogP contribution in [0, 0.1) is 6.57 Å². The van der Waals surface area contributed by atoms with E-state index in [4.69, 9.17) is 6.57 Å². The second kappa shape index (κ2) is 4.77. The highest BCUT2D eigenvalue weighted by Crippen LogP contribution is 2.02. The molecule has 0 atom stereocenters. The molecule has 14 heavy (non-hydrogen) atoms. The zero-order valence-corrected chi connectivity index (χ0v) is 7.36. The van der Waals surface area contributed by atoms with Crippen LogP contribution in [0.5, 0.6) is 0 Å². The molecule has 4 nitrogen and oxygen atoms in total. The fourth-order valence-corrected chi connectivity index (χ4v) is 0.967. The highest BCUT2D eigenvalue weighted by atomic mass is 16.1. The summed E-state index contributed by atoms with van der Waals surface area (Å²) in [6.07, 6.45) is 0.672. The van der Waals surface area contributed by atoms with E-state index in [0.717, 1.165) is 0 Å². The van der Waals surface area contributed by atoms with Crippen LogP contribution in [0.25, 0.3) is 4.85 Å². The Morgan fingerprint density at radius 2 is 2.36 bits per heavy atom. The van der Waals surface area contributed by atoms with Crippen LogP contribution in [0.2, 0.25) is 0 Å². The molecule has 0 heterocycles. The number of hydrogen-bond acceptors (Lipinski definition) is 2. The number of nitrogens with zero attached hydrogens (tertiary/aromatic N) is 1. The fraction of sp³-hybridized carbons (Fsp3) is 0.100. The summed E-state index contributed by atoms with van der Waals surface area (Å²) in [4.78, 5) is 24.7. The van der Waals surface area contributed by atoms with Crippen molar-refractivity contribution in [2.24, 2.45) is 0 Å². The number of rotatable bonds is 3. The van der Waals surface area contributed by atoms with Gasteiger partial charge in [0.25, 0.3) is 12.6 Å². The minimum atomic E-state index is -0.343. The van der Waals surface area contributed by atoms with E-state index in [-0.39, 0.29) is 12.6 Å². The first-order valence-corrected chi connectivity index (χ1v) is 3.94. The predicted molar refractivity (Wildman–Crippen MR) is 50.8 cm³/mol. The van der Waals surface area contributed by atoms with Crippen molar-refractivity contribution in [1.29, 1.82) is 0 Å². The highest BCUT2D eigenvalue weighted by molar-refractivity contribution is 5.95. The predicted octanol–water partition coefficient (Wildman–Crippen LogP) is 1.11. The lowest BCUT2D eigenvalue weighted by molar-refractivity contribution is 0.0958. The lowest BCUT2D eigenvalue weighted by Gasteiger charge is -1.99. The number of carbonyl (C=O) groups excluding carboxylic acids is 2. The molecule has 4 heteroatoms. The largest absolute Gasteiger partial charge is 0.298 e. The Balaban J connectivity index is 2.80. The molecule has 0 saturated carbocycles. The monoisotopic (exact) mass is 188 g/mol. The number of carbonyl (C=O) groups is 2. The standard InChI is InChI=1S/C10H8N2O2/c1-11-7-12-10(14)9-4-2-3-8(5-9)6-13/h2-6H,7H2,(H,12,14). The van der Waals surface area contributed by atoms with Gasteiger partial charge in [-0.15, -0.1) is 0 Å². The molecule has 70 valence electrons. The lowest BCUT2D eigenvalue weighted by atomic mass is 10.1. The molecule has 1 amide bonds. The van der Waals surface area contributed by atoms with Crippen LogP contribution in [0.15, 0.2) is 24.3 Å². The van der Waals surface area contributed by atoms with E-state index in [0.29, 0.717) is 17.4 Å². The van der Waals surface area contributed by atoms with Crippen LogP contribution in [-0.4, -0.2) is 18.9 Å². The lowest BCUT2D eigenvalue weighted by Crippen LogP contribution is -2.22. The Labute approximate surface area is 81.4 Å². The summed E-state index contributed by atoms with van der Waals surface area (Å²) in [5.41, 5.74) is 0.832. The van der Waals surface area contributed by atoms with Gasteiger partial charge in [-0.05, 0) is 12.1 Å². The van der Waals surface area contributed by atoms with Crippen LogP contribution in [-0.2, 0) is 0 Å². The molecule has 0 aliphatic rings. The topological polar surface area (TPSA) is 50.5 Å². The molecular formula is C10H8N2O2. The Kier molecular flexibility index (Phi) is 3.39. The minimum Gasteiger partial charge on any atom is -0.298 e. The minimum absolute atomic E-state index is 0.0514. The molecule has 0 aliphatic carbocycles. The van der Waals surface area contributed by atoms with Crippen molar-refractivity contribution in [3.63, 3.8) is 0 Å². The van der Waals surface area contributed by atoms with Crippen molar-refractivity contribution in [3.05, 3.63) is 46.8 Å². The molecule has 0 radical (unpaired) electrons. The van der Waals surface area contributed by atoms with Gasteiger partial charge in [0.05, 0.1) is 0 Å². The van der Waals surface area contributed by atoms with Gasteiger partial charge in [0.2, 0.25) is 0 Å². The third-order valence-corrected chi connectivity index (χ3v) is 1.60. The smallest absolute Gasteiger partial charge is 0.289 e. The zero-order chi connectivity index (χ0) is 10.4. The molecule has 1 rings (SSSR count). The van der Waals surface area contributed by atoms with Crippen molar-refractivity contribution < 1.29 is 9.59 Å². The number of benzene rings is 1. The second-order valence-electron chi connectivity index (χ2n) is 2.57. The van der Waals surface area contributed by atoms with Crippen molar-refractivity contribution in [2.75, 3.05) is 6.67 Å². The summed E-state index contributed by atoms with van der Waals surface area (Å²) in [6, 6.07) is 6.30. The number of hydrogen-bond donors (Lipinski definition) is 1. The van der Waals surface area contributed by atoms with Gasteiger partial charge in [0, 0.05) is 11.1 Å². The maximum Gasteiger partial charge on any atom is 0.289 e. The molecule has 0 spiro atoms. The Bertz CT molecular complexity index is 393.